The fourth-order valence-corrected chi connectivity index (χ4v) is 1.60. The number of aromatic nitrogens is 2. The minimum Gasteiger partial charge on any atom is -0.395 e. The molecule has 5 heteroatoms. The van der Waals surface area contributed by atoms with Crippen molar-refractivity contribution in [2.24, 2.45) is 0 Å². The van der Waals surface area contributed by atoms with Gasteiger partial charge in [0.1, 0.15) is 5.82 Å². The highest BCUT2D eigenvalue weighted by atomic mass is 16.3. The fraction of sp³-hybridized carbons (Fsp3) is 0.727. The minimum atomic E-state index is 0.213. The number of hydrogen-bond donors (Lipinski definition) is 2. The molecule has 0 saturated heterocycles. The normalized spacial score (nSPS) is 11.2. The van der Waals surface area contributed by atoms with Crippen LogP contribution in [-0.4, -0.2) is 46.0 Å². The van der Waals surface area contributed by atoms with Crippen molar-refractivity contribution in [1.82, 2.24) is 14.7 Å². The van der Waals surface area contributed by atoms with Crippen LogP contribution in [0.4, 0.5) is 5.82 Å². The van der Waals surface area contributed by atoms with Gasteiger partial charge in [-0.1, -0.05) is 13.3 Å². The van der Waals surface area contributed by atoms with Crippen molar-refractivity contribution in [3.63, 3.8) is 0 Å². The lowest BCUT2D eigenvalue weighted by molar-refractivity contribution is 0.187. The third-order valence-electron chi connectivity index (χ3n) is 2.55. The number of anilines is 1. The van der Waals surface area contributed by atoms with Gasteiger partial charge >= 0.3 is 0 Å². The Bertz CT molecular complexity index is 287. The smallest absolute Gasteiger partial charge is 0.145 e. The molecule has 0 aliphatic heterocycles. The summed E-state index contributed by atoms with van der Waals surface area (Å²) in [5.41, 5.74) is 5.54. The topological polar surface area (TPSA) is 67.3 Å². The molecule has 0 atom stereocenters. The molecule has 0 radical (unpaired) electrons. The molecule has 1 heterocycles. The van der Waals surface area contributed by atoms with Crippen LogP contribution in [0.25, 0.3) is 0 Å². The lowest BCUT2D eigenvalue weighted by Gasteiger charge is -2.20. The van der Waals surface area contributed by atoms with Gasteiger partial charge in [-0.15, -0.1) is 0 Å². The van der Waals surface area contributed by atoms with E-state index in [4.69, 9.17) is 10.8 Å². The van der Waals surface area contributed by atoms with Crippen molar-refractivity contribution in [3.05, 3.63) is 12.3 Å². The first kappa shape index (κ1) is 13.0. The molecule has 16 heavy (non-hydrogen) atoms. The Morgan fingerprint density at radius 1 is 1.44 bits per heavy atom. The molecular weight excluding hydrogens is 204 g/mol. The average Bonchev–Trinajstić information content (AvgIpc) is 2.68. The van der Waals surface area contributed by atoms with Crippen molar-refractivity contribution in [1.29, 1.82) is 0 Å². The molecule has 92 valence electrons. The van der Waals surface area contributed by atoms with E-state index in [2.05, 4.69) is 16.9 Å². The summed E-state index contributed by atoms with van der Waals surface area (Å²) < 4.78 is 1.84. The van der Waals surface area contributed by atoms with Crippen molar-refractivity contribution < 1.29 is 5.11 Å². The van der Waals surface area contributed by atoms with Crippen LogP contribution in [0, 0.1) is 0 Å². The van der Waals surface area contributed by atoms with Crippen molar-refractivity contribution in [2.75, 3.05) is 32.0 Å². The Morgan fingerprint density at radius 3 is 2.81 bits per heavy atom. The van der Waals surface area contributed by atoms with Gasteiger partial charge in [0.25, 0.3) is 0 Å². The highest BCUT2D eigenvalue weighted by Crippen LogP contribution is 1.98. The number of nitrogens with zero attached hydrogens (tertiary/aromatic N) is 3. The summed E-state index contributed by atoms with van der Waals surface area (Å²) >= 11 is 0. The highest BCUT2D eigenvalue weighted by molar-refractivity contribution is 5.23. The predicted octanol–water partition coefficient (Wildman–Crippen LogP) is 0.560. The minimum absolute atomic E-state index is 0.213. The van der Waals surface area contributed by atoms with Gasteiger partial charge in [-0.2, -0.15) is 5.10 Å². The lowest BCUT2D eigenvalue weighted by Crippen LogP contribution is -2.31. The van der Waals surface area contributed by atoms with Gasteiger partial charge < -0.3 is 10.8 Å². The summed E-state index contributed by atoms with van der Waals surface area (Å²) in [4.78, 5) is 2.25. The van der Waals surface area contributed by atoms with E-state index >= 15 is 0 Å². The summed E-state index contributed by atoms with van der Waals surface area (Å²) in [6.07, 6.45) is 4.23. The Morgan fingerprint density at radius 2 is 2.25 bits per heavy atom. The number of nitrogens with two attached hydrogens (primary N) is 1. The predicted molar refractivity (Wildman–Crippen MR) is 65.1 cm³/mol. The van der Waals surface area contributed by atoms with Crippen LogP contribution in [0.5, 0.6) is 0 Å². The molecule has 0 bridgehead atoms. The van der Waals surface area contributed by atoms with E-state index in [0.29, 0.717) is 5.82 Å². The average molecular weight is 226 g/mol. The number of rotatable bonds is 8. The molecule has 0 aromatic carbocycles. The summed E-state index contributed by atoms with van der Waals surface area (Å²) in [7, 11) is 0. The molecule has 1 aromatic rings. The Balaban J connectivity index is 2.30. The van der Waals surface area contributed by atoms with E-state index in [1.54, 1.807) is 6.07 Å². The van der Waals surface area contributed by atoms with Crippen molar-refractivity contribution in [2.45, 2.75) is 26.3 Å². The second kappa shape index (κ2) is 7.24. The number of unbranched alkanes of at least 4 members (excludes halogenated alkanes) is 1. The molecule has 0 unspecified atom stereocenters. The Hall–Kier alpha value is -1.07. The number of nitrogen functional groups attached to an aromatic ring is 1. The standard InChI is InChI=1S/C11H22N4O/c1-2-3-5-14(9-10-16)7-8-15-6-4-11(12)13-15/h4,6,16H,2-3,5,7-10H2,1H3,(H2,12,13). The third kappa shape index (κ3) is 4.63. The third-order valence-corrected chi connectivity index (χ3v) is 2.55. The van der Waals surface area contributed by atoms with Crippen LogP contribution in [0.3, 0.4) is 0 Å². The second-order valence-corrected chi connectivity index (χ2v) is 3.92. The van der Waals surface area contributed by atoms with Crippen molar-refractivity contribution >= 4 is 5.82 Å². The molecule has 0 spiro atoms. The van der Waals surface area contributed by atoms with Gasteiger partial charge in [0.05, 0.1) is 13.2 Å². The first-order valence-corrected chi connectivity index (χ1v) is 5.88. The van der Waals surface area contributed by atoms with E-state index in [0.717, 1.165) is 26.2 Å². The fourth-order valence-electron chi connectivity index (χ4n) is 1.60. The van der Waals surface area contributed by atoms with Crippen LogP contribution in [0.2, 0.25) is 0 Å². The molecule has 5 nitrogen and oxygen atoms in total. The van der Waals surface area contributed by atoms with Gasteiger partial charge in [0.2, 0.25) is 0 Å². The van der Waals surface area contributed by atoms with Crippen LogP contribution < -0.4 is 5.73 Å². The second-order valence-electron chi connectivity index (χ2n) is 3.92. The number of hydrogen-bond acceptors (Lipinski definition) is 4. The maximum atomic E-state index is 8.95. The van der Waals surface area contributed by atoms with Gasteiger partial charge in [-0.25, -0.2) is 0 Å². The maximum absolute atomic E-state index is 8.95. The quantitative estimate of drug-likeness (QED) is 0.679. The molecule has 1 rings (SSSR count). The zero-order valence-electron chi connectivity index (χ0n) is 9.97. The molecular formula is C11H22N4O. The first-order chi connectivity index (χ1) is 7.76. The van der Waals surface area contributed by atoms with Gasteiger partial charge in [-0.05, 0) is 19.0 Å². The lowest BCUT2D eigenvalue weighted by atomic mass is 10.3. The molecule has 0 aliphatic carbocycles. The first-order valence-electron chi connectivity index (χ1n) is 5.88. The van der Waals surface area contributed by atoms with Crippen LogP contribution >= 0.6 is 0 Å². The van der Waals surface area contributed by atoms with E-state index in [1.165, 1.54) is 12.8 Å². The molecule has 1 aromatic heterocycles. The van der Waals surface area contributed by atoms with Crippen LogP contribution in [0.1, 0.15) is 19.8 Å². The van der Waals surface area contributed by atoms with Crippen molar-refractivity contribution in [3.8, 4) is 0 Å². The summed E-state index contributed by atoms with van der Waals surface area (Å²) in [5, 5.41) is 13.1. The Kier molecular flexibility index (Phi) is 5.88. The summed E-state index contributed by atoms with van der Waals surface area (Å²) in [6.45, 7) is 5.88. The molecule has 0 saturated carbocycles. The van der Waals surface area contributed by atoms with Crippen LogP contribution in [0.15, 0.2) is 12.3 Å². The number of aliphatic hydroxyl groups is 1. The zero-order chi connectivity index (χ0) is 11.8. The Labute approximate surface area is 96.9 Å². The van der Waals surface area contributed by atoms with Gasteiger partial charge in [-0.3, -0.25) is 9.58 Å². The SMILES string of the molecule is CCCCN(CCO)CCn1ccc(N)n1. The monoisotopic (exact) mass is 226 g/mol. The van der Waals surface area contributed by atoms with Gasteiger partial charge in [0.15, 0.2) is 0 Å². The maximum Gasteiger partial charge on any atom is 0.145 e. The zero-order valence-corrected chi connectivity index (χ0v) is 9.97. The van der Waals surface area contributed by atoms with Gasteiger partial charge in [0, 0.05) is 19.3 Å². The largest absolute Gasteiger partial charge is 0.395 e. The highest BCUT2D eigenvalue weighted by Gasteiger charge is 2.04. The van der Waals surface area contributed by atoms with Crippen LogP contribution in [-0.2, 0) is 6.54 Å². The molecule has 0 fully saturated rings. The number of aliphatic hydroxyl groups excluding tert-OH is 1. The molecule has 0 aliphatic rings. The van der Waals surface area contributed by atoms with E-state index in [9.17, 15) is 0 Å². The summed E-state index contributed by atoms with van der Waals surface area (Å²) in [5.74, 6) is 0.558. The summed E-state index contributed by atoms with van der Waals surface area (Å²) in [6, 6.07) is 1.79. The molecule has 0 amide bonds. The molecule has 3 N–H and O–H groups in total. The van der Waals surface area contributed by atoms with E-state index in [1.807, 2.05) is 10.9 Å². The van der Waals surface area contributed by atoms with E-state index < -0.39 is 0 Å². The van der Waals surface area contributed by atoms with E-state index in [-0.39, 0.29) is 6.61 Å².